The van der Waals surface area contributed by atoms with Crippen LogP contribution in [0.15, 0.2) is 54.7 Å². The highest BCUT2D eigenvalue weighted by atomic mass is 16.5. The number of hydrogen-bond acceptors (Lipinski definition) is 4. The van der Waals surface area contributed by atoms with Crippen LogP contribution in [0.25, 0.3) is 10.9 Å². The van der Waals surface area contributed by atoms with Crippen molar-refractivity contribution in [1.82, 2.24) is 15.8 Å². The van der Waals surface area contributed by atoms with Crippen LogP contribution in [0.3, 0.4) is 0 Å². The standard InChI is InChI=1S/C21H21N3O4/c1-2-28-15-9-7-14(8-10-15)19(25)11-12-20(26)23-24-21(27)17-13-22-18-6-4-3-5-16(17)18/h3-10,13,22H,2,11-12H2,1H3,(H,23,26)(H,24,27). The SMILES string of the molecule is CCOc1ccc(C(=O)CCC(=O)NNC(=O)c2c[nH]c3ccccc23)cc1. The number of Topliss-reactive ketones (excluding diaryl/α,β-unsaturated/α-hetero) is 1. The van der Waals surface area contributed by atoms with E-state index in [1.807, 2.05) is 31.2 Å². The Morgan fingerprint density at radius 3 is 2.46 bits per heavy atom. The molecule has 3 aromatic rings. The van der Waals surface area contributed by atoms with Crippen molar-refractivity contribution in [3.05, 3.63) is 65.9 Å². The number of nitrogens with one attached hydrogen (secondary N) is 3. The summed E-state index contributed by atoms with van der Waals surface area (Å²) in [6.45, 7) is 2.44. The van der Waals surface area contributed by atoms with E-state index in [0.29, 0.717) is 23.5 Å². The van der Waals surface area contributed by atoms with Gasteiger partial charge >= 0.3 is 0 Å². The number of hydrazine groups is 1. The van der Waals surface area contributed by atoms with Crippen LogP contribution in [0.2, 0.25) is 0 Å². The van der Waals surface area contributed by atoms with E-state index in [4.69, 9.17) is 4.74 Å². The Morgan fingerprint density at radius 1 is 0.964 bits per heavy atom. The minimum Gasteiger partial charge on any atom is -0.494 e. The molecule has 28 heavy (non-hydrogen) atoms. The van der Waals surface area contributed by atoms with Crippen LogP contribution in [0.1, 0.15) is 40.5 Å². The molecular weight excluding hydrogens is 358 g/mol. The highest BCUT2D eigenvalue weighted by Gasteiger charge is 2.13. The summed E-state index contributed by atoms with van der Waals surface area (Å²) in [4.78, 5) is 39.4. The number of carbonyl (C=O) groups is 3. The molecule has 7 heteroatoms. The normalized spacial score (nSPS) is 10.5. The molecule has 0 fully saturated rings. The van der Waals surface area contributed by atoms with Gasteiger partial charge in [0.25, 0.3) is 5.91 Å². The number of aromatic amines is 1. The number of para-hydroxylation sites is 1. The average molecular weight is 379 g/mol. The fourth-order valence-corrected chi connectivity index (χ4v) is 2.79. The van der Waals surface area contributed by atoms with E-state index in [0.717, 1.165) is 10.9 Å². The fraction of sp³-hybridized carbons (Fsp3) is 0.190. The number of ketones is 1. The first-order valence-corrected chi connectivity index (χ1v) is 9.00. The summed E-state index contributed by atoms with van der Waals surface area (Å²) in [5.41, 5.74) is 6.50. The molecule has 0 atom stereocenters. The van der Waals surface area contributed by atoms with Crippen molar-refractivity contribution in [2.75, 3.05) is 6.61 Å². The van der Waals surface area contributed by atoms with E-state index in [-0.39, 0.29) is 18.6 Å². The Morgan fingerprint density at radius 2 is 1.71 bits per heavy atom. The molecule has 144 valence electrons. The lowest BCUT2D eigenvalue weighted by Gasteiger charge is -2.07. The lowest BCUT2D eigenvalue weighted by Crippen LogP contribution is -2.41. The Labute approximate surface area is 162 Å². The molecule has 0 spiro atoms. The maximum Gasteiger partial charge on any atom is 0.271 e. The molecule has 3 N–H and O–H groups in total. The summed E-state index contributed by atoms with van der Waals surface area (Å²) >= 11 is 0. The first kappa shape index (κ1) is 19.2. The first-order chi connectivity index (χ1) is 13.6. The molecule has 3 rings (SSSR count). The van der Waals surface area contributed by atoms with Crippen LogP contribution in [-0.2, 0) is 4.79 Å². The van der Waals surface area contributed by atoms with Crippen LogP contribution in [0, 0.1) is 0 Å². The molecule has 0 bridgehead atoms. The Kier molecular flexibility index (Phi) is 6.06. The topological polar surface area (TPSA) is 100 Å². The van der Waals surface area contributed by atoms with Gasteiger partial charge in [0.05, 0.1) is 12.2 Å². The van der Waals surface area contributed by atoms with E-state index in [2.05, 4.69) is 15.8 Å². The van der Waals surface area contributed by atoms with Crippen LogP contribution in [-0.4, -0.2) is 29.2 Å². The summed E-state index contributed by atoms with van der Waals surface area (Å²) in [6.07, 6.45) is 1.60. The number of ether oxygens (including phenoxy) is 1. The predicted octanol–water partition coefficient (Wildman–Crippen LogP) is 2.99. The second-order valence-corrected chi connectivity index (χ2v) is 6.13. The number of carbonyl (C=O) groups excluding carboxylic acids is 3. The summed E-state index contributed by atoms with van der Waals surface area (Å²) in [5.74, 6) is -0.325. The lowest BCUT2D eigenvalue weighted by molar-refractivity contribution is -0.121. The highest BCUT2D eigenvalue weighted by Crippen LogP contribution is 2.17. The molecule has 0 aliphatic carbocycles. The molecule has 2 aromatic carbocycles. The van der Waals surface area contributed by atoms with Gasteiger partial charge in [0.15, 0.2) is 5.78 Å². The van der Waals surface area contributed by atoms with E-state index >= 15 is 0 Å². The number of aromatic nitrogens is 1. The summed E-state index contributed by atoms with van der Waals surface area (Å²) in [6, 6.07) is 14.2. The van der Waals surface area contributed by atoms with Crippen LogP contribution >= 0.6 is 0 Å². The number of rotatable bonds is 7. The van der Waals surface area contributed by atoms with Gasteiger partial charge in [-0.15, -0.1) is 0 Å². The number of H-pyrrole nitrogens is 1. The van der Waals surface area contributed by atoms with Crippen LogP contribution < -0.4 is 15.6 Å². The molecule has 0 radical (unpaired) electrons. The van der Waals surface area contributed by atoms with Gasteiger partial charge in [0.1, 0.15) is 5.75 Å². The van der Waals surface area contributed by atoms with E-state index in [9.17, 15) is 14.4 Å². The van der Waals surface area contributed by atoms with Gasteiger partial charge in [-0.05, 0) is 37.3 Å². The zero-order valence-electron chi connectivity index (χ0n) is 15.5. The van der Waals surface area contributed by atoms with Crippen molar-refractivity contribution in [1.29, 1.82) is 0 Å². The second kappa shape index (κ2) is 8.85. The van der Waals surface area contributed by atoms with Gasteiger partial charge in [-0.1, -0.05) is 18.2 Å². The highest BCUT2D eigenvalue weighted by molar-refractivity contribution is 6.07. The third-order valence-corrected chi connectivity index (χ3v) is 4.22. The Balaban J connectivity index is 1.47. The van der Waals surface area contributed by atoms with Gasteiger partial charge in [-0.3, -0.25) is 25.2 Å². The van der Waals surface area contributed by atoms with Gasteiger partial charge < -0.3 is 9.72 Å². The quantitative estimate of drug-likeness (QED) is 0.434. The zero-order valence-corrected chi connectivity index (χ0v) is 15.5. The van der Waals surface area contributed by atoms with Crippen molar-refractivity contribution in [2.45, 2.75) is 19.8 Å². The zero-order chi connectivity index (χ0) is 19.9. The minimum absolute atomic E-state index is 0.0276. The Hall–Kier alpha value is -3.61. The van der Waals surface area contributed by atoms with Gasteiger partial charge in [0, 0.05) is 35.5 Å². The van der Waals surface area contributed by atoms with Crippen molar-refractivity contribution < 1.29 is 19.1 Å². The smallest absolute Gasteiger partial charge is 0.271 e. The predicted molar refractivity (Wildman–Crippen MR) is 105 cm³/mol. The third kappa shape index (κ3) is 4.56. The second-order valence-electron chi connectivity index (χ2n) is 6.13. The molecule has 2 amide bonds. The molecule has 1 aromatic heterocycles. The van der Waals surface area contributed by atoms with E-state index < -0.39 is 11.8 Å². The van der Waals surface area contributed by atoms with Crippen LogP contribution in [0.5, 0.6) is 5.75 Å². The number of amides is 2. The van der Waals surface area contributed by atoms with Crippen molar-refractivity contribution in [3.8, 4) is 5.75 Å². The van der Waals surface area contributed by atoms with Crippen molar-refractivity contribution in [3.63, 3.8) is 0 Å². The molecule has 0 saturated heterocycles. The monoisotopic (exact) mass is 379 g/mol. The number of hydrogen-bond donors (Lipinski definition) is 3. The van der Waals surface area contributed by atoms with Crippen molar-refractivity contribution in [2.24, 2.45) is 0 Å². The number of fused-ring (bicyclic) bond motifs is 1. The summed E-state index contributed by atoms with van der Waals surface area (Å²) in [7, 11) is 0. The van der Waals surface area contributed by atoms with Crippen molar-refractivity contribution >= 4 is 28.5 Å². The maximum atomic E-state index is 12.2. The van der Waals surface area contributed by atoms with E-state index in [1.165, 1.54) is 0 Å². The maximum absolute atomic E-state index is 12.2. The Bertz CT molecular complexity index is 992. The van der Waals surface area contributed by atoms with Gasteiger partial charge in [-0.25, -0.2) is 0 Å². The molecule has 0 aliphatic rings. The van der Waals surface area contributed by atoms with Gasteiger partial charge in [0.2, 0.25) is 5.91 Å². The first-order valence-electron chi connectivity index (χ1n) is 9.00. The van der Waals surface area contributed by atoms with Crippen LogP contribution in [0.4, 0.5) is 0 Å². The molecule has 0 unspecified atom stereocenters. The summed E-state index contributed by atoms with van der Waals surface area (Å²) in [5, 5.41) is 0.764. The summed E-state index contributed by atoms with van der Waals surface area (Å²) < 4.78 is 5.33. The molecule has 7 nitrogen and oxygen atoms in total. The molecular formula is C21H21N3O4. The third-order valence-electron chi connectivity index (χ3n) is 4.22. The minimum atomic E-state index is -0.438. The molecule has 1 heterocycles. The molecule has 0 aliphatic heterocycles. The molecule has 0 saturated carbocycles. The largest absolute Gasteiger partial charge is 0.494 e. The fourth-order valence-electron chi connectivity index (χ4n) is 2.79. The number of benzene rings is 2. The van der Waals surface area contributed by atoms with Gasteiger partial charge in [-0.2, -0.15) is 0 Å². The van der Waals surface area contributed by atoms with E-state index in [1.54, 1.807) is 30.5 Å². The average Bonchev–Trinajstić information content (AvgIpc) is 3.15. The lowest BCUT2D eigenvalue weighted by atomic mass is 10.1.